The molecule has 1 aliphatic rings. The van der Waals surface area contributed by atoms with Gasteiger partial charge in [0.2, 0.25) is 5.95 Å². The molecule has 1 aromatic rings. The quantitative estimate of drug-likeness (QED) is 0.768. The molecule has 0 fully saturated rings. The third-order valence-electron chi connectivity index (χ3n) is 3.54. The fraction of sp³-hybridized carbons (Fsp3) is 0.636. The second kappa shape index (κ2) is 3.86. The molecule has 4 N–H and O–H groups in total. The third kappa shape index (κ3) is 1.98. The first-order valence-electron chi connectivity index (χ1n) is 6.37. The van der Waals surface area contributed by atoms with Crippen molar-refractivity contribution in [3.8, 4) is 0 Å². The Labute approximate surface area is 115 Å². The van der Waals surface area contributed by atoms with E-state index in [0.29, 0.717) is 16.7 Å². The maximum absolute atomic E-state index is 5.93. The van der Waals surface area contributed by atoms with E-state index in [2.05, 4.69) is 49.3 Å². The average molecular weight is 295 g/mol. The highest BCUT2D eigenvalue weighted by molar-refractivity contribution is 6.98. The largest absolute Gasteiger partial charge is 0.382 e. The van der Waals surface area contributed by atoms with Crippen LogP contribution in [0.1, 0.15) is 0 Å². The SMILES string of the molecule is C[Si](C)(C)C1([Si](C)(C)C)N=c2nc(N)nc(N)c2=N1. The van der Waals surface area contributed by atoms with E-state index in [1.807, 2.05) is 0 Å². The number of hydrogen-bond acceptors (Lipinski definition) is 6. The van der Waals surface area contributed by atoms with Gasteiger partial charge in [0.05, 0.1) is 0 Å². The number of fused-ring (bicyclic) bond motifs is 1. The fourth-order valence-corrected chi connectivity index (χ4v) is 13.6. The highest BCUT2D eigenvalue weighted by Crippen LogP contribution is 2.36. The van der Waals surface area contributed by atoms with E-state index in [9.17, 15) is 0 Å². The minimum atomic E-state index is -1.68. The molecule has 19 heavy (non-hydrogen) atoms. The summed E-state index contributed by atoms with van der Waals surface area (Å²) < 4.78 is 0. The number of aromatic nitrogens is 2. The second-order valence-corrected chi connectivity index (χ2v) is 17.9. The molecule has 8 heteroatoms. The normalized spacial score (nSPS) is 17.6. The summed E-state index contributed by atoms with van der Waals surface area (Å²) in [5.74, 6) is 0.502. The highest BCUT2D eigenvalue weighted by Gasteiger charge is 2.54. The zero-order valence-corrected chi connectivity index (χ0v) is 14.4. The van der Waals surface area contributed by atoms with Crippen molar-refractivity contribution in [3.63, 3.8) is 0 Å². The van der Waals surface area contributed by atoms with Crippen LogP contribution in [0.25, 0.3) is 0 Å². The molecule has 1 aliphatic heterocycles. The average Bonchev–Trinajstić information content (AvgIpc) is 2.56. The molecule has 0 radical (unpaired) electrons. The van der Waals surface area contributed by atoms with Crippen LogP contribution in [-0.2, 0) is 0 Å². The zero-order chi connectivity index (χ0) is 14.6. The minimum absolute atomic E-state index is 0.164. The molecule has 2 rings (SSSR count). The monoisotopic (exact) mass is 294 g/mol. The van der Waals surface area contributed by atoms with E-state index in [4.69, 9.17) is 21.5 Å². The van der Waals surface area contributed by atoms with E-state index in [0.717, 1.165) is 0 Å². The summed E-state index contributed by atoms with van der Waals surface area (Å²) in [5.41, 5.74) is 12.1. The Morgan fingerprint density at radius 1 is 0.842 bits per heavy atom. The van der Waals surface area contributed by atoms with Gasteiger partial charge in [-0.15, -0.1) is 0 Å². The lowest BCUT2D eigenvalue weighted by atomic mass is 10.5. The summed E-state index contributed by atoms with van der Waals surface area (Å²) in [6.07, 6.45) is 0. The van der Waals surface area contributed by atoms with Crippen molar-refractivity contribution in [1.29, 1.82) is 0 Å². The molecule has 0 aromatic carbocycles. The van der Waals surface area contributed by atoms with Gasteiger partial charge < -0.3 is 11.5 Å². The van der Waals surface area contributed by atoms with Gasteiger partial charge in [0.15, 0.2) is 11.3 Å². The summed E-state index contributed by atoms with van der Waals surface area (Å²) >= 11 is 0. The summed E-state index contributed by atoms with van der Waals surface area (Å²) in [6, 6.07) is 0. The fourth-order valence-electron chi connectivity index (χ4n) is 2.80. The Bertz CT molecular complexity index is 627. The van der Waals surface area contributed by atoms with E-state index >= 15 is 0 Å². The number of anilines is 2. The first-order chi connectivity index (χ1) is 8.48. The van der Waals surface area contributed by atoms with Crippen LogP contribution in [0, 0.1) is 0 Å². The van der Waals surface area contributed by atoms with Crippen LogP contribution in [0.3, 0.4) is 0 Å². The predicted octanol–water partition coefficient (Wildman–Crippen LogP) is 0.345. The van der Waals surface area contributed by atoms with Gasteiger partial charge in [0.25, 0.3) is 0 Å². The molecule has 0 spiro atoms. The molecule has 0 atom stereocenters. The molecule has 104 valence electrons. The van der Waals surface area contributed by atoms with Crippen molar-refractivity contribution in [2.45, 2.75) is 44.2 Å². The van der Waals surface area contributed by atoms with Gasteiger partial charge in [0, 0.05) is 0 Å². The zero-order valence-electron chi connectivity index (χ0n) is 12.4. The number of nitrogens with two attached hydrogens (primary N) is 2. The number of hydrogen-bond donors (Lipinski definition) is 2. The number of rotatable bonds is 2. The number of nitrogen functional groups attached to an aromatic ring is 2. The van der Waals surface area contributed by atoms with Crippen LogP contribution in [0.15, 0.2) is 9.98 Å². The molecule has 0 bridgehead atoms. The summed E-state index contributed by atoms with van der Waals surface area (Å²) in [5, 5.41) is 0.624. The van der Waals surface area contributed by atoms with Gasteiger partial charge in [-0.25, -0.2) is 4.99 Å². The molecular formula is C11H22N6Si2. The van der Waals surface area contributed by atoms with Crippen molar-refractivity contribution in [2.24, 2.45) is 9.98 Å². The summed E-state index contributed by atoms with van der Waals surface area (Å²) in [7, 11) is -3.37. The van der Waals surface area contributed by atoms with Gasteiger partial charge in [0.1, 0.15) is 26.4 Å². The molecule has 6 nitrogen and oxygen atoms in total. The molecular weight excluding hydrogens is 272 g/mol. The van der Waals surface area contributed by atoms with E-state index < -0.39 is 16.1 Å². The van der Waals surface area contributed by atoms with E-state index in [1.54, 1.807) is 0 Å². The van der Waals surface area contributed by atoms with Crippen molar-refractivity contribution < 1.29 is 0 Å². The topological polar surface area (TPSA) is 103 Å². The highest BCUT2D eigenvalue weighted by atomic mass is 28.4. The van der Waals surface area contributed by atoms with Crippen LogP contribution in [0.5, 0.6) is 0 Å². The molecule has 2 heterocycles. The van der Waals surface area contributed by atoms with Crippen LogP contribution < -0.4 is 22.3 Å². The maximum atomic E-state index is 5.93. The van der Waals surface area contributed by atoms with Crippen molar-refractivity contribution in [2.75, 3.05) is 11.5 Å². The summed E-state index contributed by atoms with van der Waals surface area (Å²) in [6.45, 7) is 13.7. The lowest BCUT2D eigenvalue weighted by molar-refractivity contribution is 0.781. The van der Waals surface area contributed by atoms with Gasteiger partial charge in [-0.2, -0.15) is 9.97 Å². The Kier molecular flexibility index (Phi) is 2.87. The summed E-state index contributed by atoms with van der Waals surface area (Å²) in [4.78, 5) is 17.7. The third-order valence-corrected chi connectivity index (χ3v) is 12.7. The lowest BCUT2D eigenvalue weighted by Gasteiger charge is -2.43. The Morgan fingerprint density at radius 3 is 1.84 bits per heavy atom. The van der Waals surface area contributed by atoms with Gasteiger partial charge >= 0.3 is 0 Å². The van der Waals surface area contributed by atoms with E-state index in [1.165, 1.54) is 0 Å². The lowest BCUT2D eigenvalue weighted by Crippen LogP contribution is -2.63. The van der Waals surface area contributed by atoms with Crippen LogP contribution in [0.4, 0.5) is 11.8 Å². The molecule has 1 aromatic heterocycles. The first-order valence-corrected chi connectivity index (χ1v) is 13.4. The molecule has 0 amide bonds. The van der Waals surface area contributed by atoms with Crippen LogP contribution >= 0.6 is 0 Å². The smallest absolute Gasteiger partial charge is 0.224 e. The van der Waals surface area contributed by atoms with Crippen molar-refractivity contribution in [1.82, 2.24) is 9.97 Å². The second-order valence-electron chi connectivity index (χ2n) is 7.04. The van der Waals surface area contributed by atoms with Crippen molar-refractivity contribution in [3.05, 3.63) is 10.8 Å². The standard InChI is InChI=1S/C11H22N6Si2/c1-18(2,3)11(19(4,5)6)16-7-8(12)14-10(13)15-9(7)17-11/h1-6H3,(H4,12,13,14,15,17). The maximum Gasteiger partial charge on any atom is 0.224 e. The van der Waals surface area contributed by atoms with Crippen LogP contribution in [-0.4, -0.2) is 31.0 Å². The molecule has 0 unspecified atom stereocenters. The predicted molar refractivity (Wildman–Crippen MR) is 82.6 cm³/mol. The first kappa shape index (κ1) is 14.1. The Balaban J connectivity index is 2.85. The Hall–Kier alpha value is -1.29. The minimum Gasteiger partial charge on any atom is -0.382 e. The number of nitrogens with zero attached hydrogens (tertiary/aromatic N) is 4. The van der Waals surface area contributed by atoms with Gasteiger partial charge in [-0.05, 0) is 0 Å². The molecule has 0 saturated carbocycles. The van der Waals surface area contributed by atoms with Gasteiger partial charge in [-0.1, -0.05) is 39.3 Å². The van der Waals surface area contributed by atoms with Crippen molar-refractivity contribution >= 4 is 27.9 Å². The van der Waals surface area contributed by atoms with Gasteiger partial charge in [-0.3, -0.25) is 4.99 Å². The molecule has 0 aliphatic carbocycles. The molecule has 0 saturated heterocycles. The van der Waals surface area contributed by atoms with E-state index in [-0.39, 0.29) is 10.9 Å². The van der Waals surface area contributed by atoms with Crippen LogP contribution in [0.2, 0.25) is 39.3 Å². The Morgan fingerprint density at radius 2 is 1.37 bits per heavy atom.